The van der Waals surface area contributed by atoms with E-state index in [4.69, 9.17) is 47.0 Å². The first-order valence-corrected chi connectivity index (χ1v) is 12.4. The van der Waals surface area contributed by atoms with Crippen LogP contribution in [0.25, 0.3) is 32.5 Å². The van der Waals surface area contributed by atoms with E-state index in [1.807, 2.05) is 43.3 Å². The molecule has 0 radical (unpaired) electrons. The number of thiocarbonyl (C=S) groups is 1. The van der Waals surface area contributed by atoms with Crippen molar-refractivity contribution in [3.05, 3.63) is 80.1 Å². The highest BCUT2D eigenvalue weighted by molar-refractivity contribution is 7.80. The minimum Gasteiger partial charge on any atom is -0.338 e. The topological polar surface area (TPSA) is 69.8 Å². The van der Waals surface area contributed by atoms with Crippen molar-refractivity contribution in [2.45, 2.75) is 6.92 Å². The molecule has 0 aliphatic rings. The van der Waals surface area contributed by atoms with Crippen molar-refractivity contribution in [2.24, 2.45) is 0 Å². The third kappa shape index (κ3) is 4.50. The van der Waals surface area contributed by atoms with E-state index in [9.17, 15) is 4.79 Å². The third-order valence-electron chi connectivity index (χ3n) is 5.18. The molecule has 10 heteroatoms. The lowest BCUT2D eigenvalue weighted by Crippen LogP contribution is -2.33. The monoisotopic (exact) mass is 544 g/mol. The number of nitrogens with one attached hydrogen (secondary N) is 3. The number of carbonyl (C=O) groups excluding carboxylic acids is 1. The van der Waals surface area contributed by atoms with Crippen molar-refractivity contribution in [3.8, 4) is 11.4 Å². The van der Waals surface area contributed by atoms with Crippen LogP contribution in [0, 0.1) is 6.92 Å². The van der Waals surface area contributed by atoms with E-state index in [0.717, 1.165) is 32.2 Å². The maximum atomic E-state index is 12.8. The van der Waals surface area contributed by atoms with Crippen LogP contribution in [-0.4, -0.2) is 21.0 Å². The molecule has 0 aliphatic heterocycles. The van der Waals surface area contributed by atoms with Gasteiger partial charge in [-0.3, -0.25) is 10.1 Å². The van der Waals surface area contributed by atoms with Gasteiger partial charge in [-0.1, -0.05) is 53.0 Å². The Morgan fingerprint density at radius 1 is 1.09 bits per heavy atom. The summed E-state index contributed by atoms with van der Waals surface area (Å²) in [5.41, 5.74) is 4.22. The molecule has 5 rings (SSSR count). The van der Waals surface area contributed by atoms with E-state index >= 15 is 0 Å². The number of imidazole rings is 1. The predicted molar refractivity (Wildman–Crippen MR) is 147 cm³/mol. The summed E-state index contributed by atoms with van der Waals surface area (Å²) in [6.07, 6.45) is 0. The molecule has 3 aromatic carbocycles. The third-order valence-corrected chi connectivity index (χ3v) is 7.68. The van der Waals surface area contributed by atoms with Crippen LogP contribution in [0.3, 0.4) is 0 Å². The van der Waals surface area contributed by atoms with Crippen molar-refractivity contribution in [1.82, 2.24) is 15.3 Å². The van der Waals surface area contributed by atoms with Crippen LogP contribution >= 0.6 is 58.4 Å². The van der Waals surface area contributed by atoms with Gasteiger partial charge in [0.1, 0.15) is 10.7 Å². The molecule has 1 amide bonds. The number of benzene rings is 3. The summed E-state index contributed by atoms with van der Waals surface area (Å²) < 4.78 is 0.830. The van der Waals surface area contributed by atoms with Gasteiger partial charge in [0.15, 0.2) is 5.11 Å². The number of hydrogen-bond donors (Lipinski definition) is 3. The smallest absolute Gasteiger partial charge is 0.269 e. The summed E-state index contributed by atoms with van der Waals surface area (Å²) >= 11 is 25.3. The number of aryl methyl sites for hydroxylation is 1. The van der Waals surface area contributed by atoms with Crippen LogP contribution in [0.4, 0.5) is 5.69 Å². The molecule has 34 heavy (non-hydrogen) atoms. The molecule has 5 aromatic rings. The Balaban J connectivity index is 1.33. The molecule has 2 aromatic heterocycles. The average molecular weight is 546 g/mol. The number of fused-ring (bicyclic) bond motifs is 2. The number of rotatable bonds is 3. The summed E-state index contributed by atoms with van der Waals surface area (Å²) in [6.45, 7) is 1.95. The van der Waals surface area contributed by atoms with E-state index in [1.165, 1.54) is 11.3 Å². The summed E-state index contributed by atoms with van der Waals surface area (Å²) in [5.74, 6) is 0.312. The fraction of sp³-hybridized carbons (Fsp3) is 0.0417. The van der Waals surface area contributed by atoms with Gasteiger partial charge >= 0.3 is 0 Å². The summed E-state index contributed by atoms with van der Waals surface area (Å²) in [4.78, 5) is 21.1. The largest absolute Gasteiger partial charge is 0.338 e. The minimum atomic E-state index is -0.388. The van der Waals surface area contributed by atoms with E-state index < -0.39 is 0 Å². The zero-order valence-electron chi connectivity index (χ0n) is 17.5. The molecular formula is C24H15Cl3N4OS2. The van der Waals surface area contributed by atoms with E-state index in [1.54, 1.807) is 18.2 Å². The molecular weight excluding hydrogens is 531 g/mol. The molecule has 3 N–H and O–H groups in total. The van der Waals surface area contributed by atoms with Gasteiger partial charge in [-0.15, -0.1) is 11.3 Å². The molecule has 0 bridgehead atoms. The van der Waals surface area contributed by atoms with E-state index in [-0.39, 0.29) is 11.0 Å². The summed E-state index contributed by atoms with van der Waals surface area (Å²) in [7, 11) is 0. The number of aromatic nitrogens is 2. The van der Waals surface area contributed by atoms with Crippen molar-refractivity contribution in [1.29, 1.82) is 0 Å². The minimum absolute atomic E-state index is 0.153. The molecule has 0 atom stereocenters. The highest BCUT2D eigenvalue weighted by Crippen LogP contribution is 2.36. The van der Waals surface area contributed by atoms with Crippen molar-refractivity contribution in [3.63, 3.8) is 0 Å². The molecule has 0 saturated heterocycles. The second-order valence-electron chi connectivity index (χ2n) is 7.58. The quantitative estimate of drug-likeness (QED) is 0.202. The van der Waals surface area contributed by atoms with Crippen molar-refractivity contribution < 1.29 is 4.79 Å². The Labute approximate surface area is 219 Å². The lowest BCUT2D eigenvalue weighted by Gasteiger charge is -2.10. The number of hydrogen-bond acceptors (Lipinski definition) is 4. The van der Waals surface area contributed by atoms with Crippen LogP contribution in [0.1, 0.15) is 15.2 Å². The summed E-state index contributed by atoms with van der Waals surface area (Å²) in [6, 6.07) is 16.7. The lowest BCUT2D eigenvalue weighted by molar-refractivity contribution is 0.0982. The fourth-order valence-corrected chi connectivity index (χ4v) is 5.58. The predicted octanol–water partition coefficient (Wildman–Crippen LogP) is 7.84. The molecule has 5 nitrogen and oxygen atoms in total. The Kier molecular flexibility index (Phi) is 6.22. The number of amides is 1. The van der Waals surface area contributed by atoms with Crippen LogP contribution in [0.5, 0.6) is 0 Å². The molecule has 2 heterocycles. The number of aromatic amines is 1. The number of thiophene rings is 1. The van der Waals surface area contributed by atoms with Gasteiger partial charge in [0, 0.05) is 31.4 Å². The Hall–Kier alpha value is -2.68. The van der Waals surface area contributed by atoms with Gasteiger partial charge in [0.05, 0.1) is 16.1 Å². The standard InChI is InChI=1S/C24H15Cl3N4OS2/c1-11-7-17-18(10-16(11)26)30-22(29-17)12-3-2-4-14(8-12)28-24(33)31-23(32)21-20(27)15-6-5-13(25)9-19(15)34-21/h2-10H,1H3,(H,29,30)(H2,28,31,32,33). The number of nitrogens with zero attached hydrogens (tertiary/aromatic N) is 1. The van der Waals surface area contributed by atoms with Crippen LogP contribution in [-0.2, 0) is 0 Å². The Morgan fingerprint density at radius 2 is 1.91 bits per heavy atom. The molecule has 0 aliphatic carbocycles. The lowest BCUT2D eigenvalue weighted by atomic mass is 10.2. The highest BCUT2D eigenvalue weighted by Gasteiger charge is 2.18. The van der Waals surface area contributed by atoms with Gasteiger partial charge in [-0.2, -0.15) is 0 Å². The maximum Gasteiger partial charge on any atom is 0.269 e. The molecule has 0 unspecified atom stereocenters. The Morgan fingerprint density at radius 3 is 2.74 bits per heavy atom. The molecule has 0 fully saturated rings. The number of H-pyrrole nitrogens is 1. The van der Waals surface area contributed by atoms with Crippen molar-refractivity contribution >= 4 is 96.2 Å². The SMILES string of the molecule is Cc1cc2[nH]c(-c3cccc(NC(=S)NC(=O)c4sc5cc(Cl)ccc5c4Cl)c3)nc2cc1Cl. The van der Waals surface area contributed by atoms with E-state index in [0.29, 0.717) is 31.5 Å². The first-order valence-electron chi connectivity index (χ1n) is 10.0. The number of halogens is 3. The van der Waals surface area contributed by atoms with Crippen molar-refractivity contribution in [2.75, 3.05) is 5.32 Å². The number of carbonyl (C=O) groups is 1. The second kappa shape index (κ2) is 9.17. The van der Waals surface area contributed by atoms with Crippen LogP contribution in [0.2, 0.25) is 15.1 Å². The Bertz CT molecular complexity index is 1570. The zero-order valence-corrected chi connectivity index (χ0v) is 21.4. The highest BCUT2D eigenvalue weighted by atomic mass is 35.5. The molecule has 0 saturated carbocycles. The maximum absolute atomic E-state index is 12.8. The van der Waals surface area contributed by atoms with Crippen LogP contribution < -0.4 is 10.6 Å². The second-order valence-corrected chi connectivity index (χ2v) is 10.3. The first-order chi connectivity index (χ1) is 16.3. The zero-order chi connectivity index (χ0) is 24.0. The van der Waals surface area contributed by atoms with E-state index in [2.05, 4.69) is 20.6 Å². The fourth-order valence-electron chi connectivity index (χ4n) is 3.53. The number of anilines is 1. The van der Waals surface area contributed by atoms with Gasteiger partial charge in [-0.05, 0) is 61.1 Å². The van der Waals surface area contributed by atoms with Gasteiger partial charge in [0.2, 0.25) is 0 Å². The van der Waals surface area contributed by atoms with Gasteiger partial charge in [0.25, 0.3) is 5.91 Å². The van der Waals surface area contributed by atoms with Gasteiger partial charge in [-0.25, -0.2) is 4.98 Å². The van der Waals surface area contributed by atoms with Gasteiger partial charge < -0.3 is 10.3 Å². The average Bonchev–Trinajstić information content (AvgIpc) is 3.34. The molecule has 0 spiro atoms. The van der Waals surface area contributed by atoms with Crippen LogP contribution in [0.15, 0.2) is 54.6 Å². The first kappa shape index (κ1) is 23.1. The summed E-state index contributed by atoms with van der Waals surface area (Å²) in [5, 5.41) is 8.29. The molecule has 170 valence electrons. The normalized spacial score (nSPS) is 11.2.